The molecule has 0 atom stereocenters. The van der Waals surface area contributed by atoms with Crippen LogP contribution in [-0.2, 0) is 16.4 Å². The maximum atomic E-state index is 13.7. The van der Waals surface area contributed by atoms with E-state index >= 15 is 0 Å². The van der Waals surface area contributed by atoms with Crippen LogP contribution in [0.4, 0.5) is 10.1 Å². The number of nitrogens with one attached hydrogen (secondary N) is 2. The molecule has 0 aliphatic heterocycles. The number of anilines is 1. The monoisotopic (exact) mass is 348 g/mol. The Hall–Kier alpha value is -1.15. The topological polar surface area (TPSA) is 58.2 Å². The first-order valence-corrected chi connectivity index (χ1v) is 8.82. The van der Waals surface area contributed by atoms with Crippen LogP contribution in [0.3, 0.4) is 0 Å². The maximum absolute atomic E-state index is 13.7. The van der Waals surface area contributed by atoms with Crippen molar-refractivity contribution in [2.75, 3.05) is 18.3 Å². The molecule has 2 aromatic rings. The van der Waals surface area contributed by atoms with Gasteiger partial charge in [-0.15, -0.1) is 11.3 Å². The third-order valence-electron chi connectivity index (χ3n) is 2.72. The number of halogens is 2. The first-order chi connectivity index (χ1) is 9.94. The first kappa shape index (κ1) is 16.2. The van der Waals surface area contributed by atoms with E-state index in [0.29, 0.717) is 0 Å². The number of para-hydroxylation sites is 1. The molecule has 0 amide bonds. The third-order valence-corrected chi connectivity index (χ3v) is 6.02. The summed E-state index contributed by atoms with van der Waals surface area (Å²) in [4.78, 5) is 0.935. The lowest BCUT2D eigenvalue weighted by Crippen LogP contribution is -2.13. The van der Waals surface area contributed by atoms with Crippen molar-refractivity contribution in [3.63, 3.8) is 0 Å². The molecule has 0 aliphatic rings. The minimum atomic E-state index is -3.84. The van der Waals surface area contributed by atoms with Crippen LogP contribution in [-0.4, -0.2) is 22.0 Å². The molecule has 0 saturated heterocycles. The molecule has 4 nitrogen and oxygen atoms in total. The number of likely N-dealkylation sites (N-methyl/N-ethyl adjacent to an activating group) is 1. The number of thiophene rings is 1. The minimum absolute atomic E-state index is 0.0190. The summed E-state index contributed by atoms with van der Waals surface area (Å²) in [5.74, 6) is -0.710. The molecular weight excluding hydrogens is 335 g/mol. The van der Waals surface area contributed by atoms with Gasteiger partial charge in [-0.05, 0) is 44.3 Å². The quantitative estimate of drug-likeness (QED) is 0.843. The van der Waals surface area contributed by atoms with Crippen LogP contribution in [0.25, 0.3) is 0 Å². The molecule has 0 fully saturated rings. The second kappa shape index (κ2) is 6.74. The van der Waals surface area contributed by atoms with Crippen LogP contribution in [0.2, 0.25) is 5.02 Å². The Morgan fingerprint density at radius 1 is 1.29 bits per heavy atom. The smallest absolute Gasteiger partial charge is 0.271 e. The van der Waals surface area contributed by atoms with E-state index in [1.54, 1.807) is 6.07 Å². The average molecular weight is 349 g/mol. The van der Waals surface area contributed by atoms with Crippen molar-refractivity contribution in [3.8, 4) is 0 Å². The number of sulfonamides is 1. The van der Waals surface area contributed by atoms with Crippen molar-refractivity contribution in [1.29, 1.82) is 0 Å². The highest BCUT2D eigenvalue weighted by molar-refractivity contribution is 7.94. The molecule has 0 bridgehead atoms. The van der Waals surface area contributed by atoms with E-state index in [2.05, 4.69) is 10.0 Å². The van der Waals surface area contributed by atoms with E-state index in [-0.39, 0.29) is 14.9 Å². The van der Waals surface area contributed by atoms with Crippen LogP contribution in [0, 0.1) is 5.82 Å². The Balaban J connectivity index is 2.24. The van der Waals surface area contributed by atoms with E-state index < -0.39 is 15.8 Å². The number of rotatable bonds is 6. The molecule has 0 radical (unpaired) electrons. The van der Waals surface area contributed by atoms with E-state index in [0.717, 1.165) is 35.2 Å². The maximum Gasteiger partial charge on any atom is 0.271 e. The third kappa shape index (κ3) is 3.94. The molecule has 114 valence electrons. The average Bonchev–Trinajstić information content (AvgIpc) is 2.90. The van der Waals surface area contributed by atoms with Gasteiger partial charge in [-0.3, -0.25) is 4.72 Å². The molecular formula is C13H14ClFN2O2S2. The molecule has 21 heavy (non-hydrogen) atoms. The van der Waals surface area contributed by atoms with E-state index in [9.17, 15) is 12.8 Å². The van der Waals surface area contributed by atoms with Gasteiger partial charge in [0.2, 0.25) is 0 Å². The number of hydrogen-bond acceptors (Lipinski definition) is 4. The largest absolute Gasteiger partial charge is 0.319 e. The minimum Gasteiger partial charge on any atom is -0.319 e. The lowest BCUT2D eigenvalue weighted by Gasteiger charge is -2.08. The Labute approximate surface area is 132 Å². The lowest BCUT2D eigenvalue weighted by atomic mass is 10.3. The summed E-state index contributed by atoms with van der Waals surface area (Å²) in [5, 5.41) is 3.01. The summed E-state index contributed by atoms with van der Waals surface area (Å²) < 4.78 is 40.5. The Morgan fingerprint density at radius 2 is 2.05 bits per heavy atom. The second-order valence-corrected chi connectivity index (χ2v) is 7.76. The molecule has 0 unspecified atom stereocenters. The zero-order valence-electron chi connectivity index (χ0n) is 11.2. The molecule has 2 rings (SSSR count). The van der Waals surface area contributed by atoms with Crippen LogP contribution in [0.15, 0.2) is 34.5 Å². The Morgan fingerprint density at radius 3 is 2.71 bits per heavy atom. The molecule has 0 saturated carbocycles. The fraction of sp³-hybridized carbons (Fsp3) is 0.231. The van der Waals surface area contributed by atoms with Gasteiger partial charge < -0.3 is 5.32 Å². The summed E-state index contributed by atoms with van der Waals surface area (Å²) in [7, 11) is -2.01. The van der Waals surface area contributed by atoms with Gasteiger partial charge in [-0.25, -0.2) is 12.8 Å². The normalized spacial score (nSPS) is 11.6. The van der Waals surface area contributed by atoms with Crippen molar-refractivity contribution in [3.05, 3.63) is 46.0 Å². The molecule has 0 spiro atoms. The van der Waals surface area contributed by atoms with Gasteiger partial charge in [-0.1, -0.05) is 17.7 Å². The van der Waals surface area contributed by atoms with Gasteiger partial charge in [0.15, 0.2) is 0 Å². The molecule has 8 heteroatoms. The molecule has 1 heterocycles. The fourth-order valence-electron chi connectivity index (χ4n) is 1.67. The summed E-state index contributed by atoms with van der Waals surface area (Å²) in [6.07, 6.45) is 0.733. The summed E-state index contributed by atoms with van der Waals surface area (Å²) >= 11 is 6.98. The second-order valence-electron chi connectivity index (χ2n) is 4.28. The SMILES string of the molecule is CNCCc1ccc(S(=O)(=O)Nc2c(F)cccc2Cl)s1. The predicted molar refractivity (Wildman–Crippen MR) is 84.2 cm³/mol. The molecule has 0 aliphatic carbocycles. The highest BCUT2D eigenvalue weighted by Gasteiger charge is 2.20. The highest BCUT2D eigenvalue weighted by atomic mass is 35.5. The standard InChI is InChI=1S/C13H14ClFN2O2S2/c1-16-8-7-9-5-6-12(20-9)21(18,19)17-13-10(14)3-2-4-11(13)15/h2-6,16-17H,7-8H2,1H3. The van der Waals surface area contributed by atoms with E-state index in [1.165, 1.54) is 18.2 Å². The molecule has 1 aromatic heterocycles. The summed E-state index contributed by atoms with van der Waals surface area (Å²) in [6.45, 7) is 0.757. The van der Waals surface area contributed by atoms with Crippen LogP contribution in [0.5, 0.6) is 0 Å². The van der Waals surface area contributed by atoms with E-state index in [1.807, 2.05) is 7.05 Å². The Kier molecular flexibility index (Phi) is 5.21. The number of benzene rings is 1. The van der Waals surface area contributed by atoms with Gasteiger partial charge in [0.05, 0.1) is 5.02 Å². The van der Waals surface area contributed by atoms with Gasteiger partial charge >= 0.3 is 0 Å². The van der Waals surface area contributed by atoms with E-state index in [4.69, 9.17) is 11.6 Å². The zero-order chi connectivity index (χ0) is 15.5. The van der Waals surface area contributed by atoms with Gasteiger partial charge in [0.25, 0.3) is 10.0 Å². The fourth-order valence-corrected chi connectivity index (χ4v) is 4.38. The lowest BCUT2D eigenvalue weighted by molar-refractivity contribution is 0.600. The van der Waals surface area contributed by atoms with Crippen LogP contribution >= 0.6 is 22.9 Å². The van der Waals surface area contributed by atoms with Gasteiger partial charge in [0, 0.05) is 4.88 Å². The van der Waals surface area contributed by atoms with Crippen molar-refractivity contribution < 1.29 is 12.8 Å². The zero-order valence-corrected chi connectivity index (χ0v) is 13.6. The number of hydrogen-bond donors (Lipinski definition) is 2. The van der Waals surface area contributed by atoms with Crippen molar-refractivity contribution in [1.82, 2.24) is 5.32 Å². The summed E-state index contributed by atoms with van der Waals surface area (Å²) in [5.41, 5.74) is -0.232. The van der Waals surface area contributed by atoms with Gasteiger partial charge in [0.1, 0.15) is 15.7 Å². The van der Waals surface area contributed by atoms with Crippen molar-refractivity contribution in [2.24, 2.45) is 0 Å². The van der Waals surface area contributed by atoms with Crippen molar-refractivity contribution in [2.45, 2.75) is 10.6 Å². The van der Waals surface area contributed by atoms with Gasteiger partial charge in [-0.2, -0.15) is 0 Å². The van der Waals surface area contributed by atoms with Crippen molar-refractivity contribution >= 4 is 38.6 Å². The molecule has 1 aromatic carbocycles. The highest BCUT2D eigenvalue weighted by Crippen LogP contribution is 2.29. The predicted octanol–water partition coefficient (Wildman–Crippen LogP) is 3.10. The van der Waals surface area contributed by atoms with Crippen LogP contribution in [0.1, 0.15) is 4.88 Å². The van der Waals surface area contributed by atoms with Crippen LogP contribution < -0.4 is 10.0 Å². The molecule has 2 N–H and O–H groups in total. The summed E-state index contributed by atoms with van der Waals surface area (Å²) in [6, 6.07) is 7.24. The first-order valence-electron chi connectivity index (χ1n) is 6.14. The Bertz CT molecular complexity index is 711.